The number of benzene rings is 2. The summed E-state index contributed by atoms with van der Waals surface area (Å²) in [5, 5.41) is 6.89. The van der Waals surface area contributed by atoms with Crippen LogP contribution in [-0.2, 0) is 9.59 Å². The molecular formula is C33H33N5O4S. The van der Waals surface area contributed by atoms with E-state index in [1.54, 1.807) is 41.2 Å². The van der Waals surface area contributed by atoms with Gasteiger partial charge in [0.25, 0.3) is 5.91 Å². The molecule has 2 aromatic heterocycles. The Bertz CT molecular complexity index is 1700. The number of aromatic amines is 1. The van der Waals surface area contributed by atoms with Crippen molar-refractivity contribution in [2.24, 2.45) is 5.41 Å². The molecule has 1 unspecified atom stereocenters. The Balaban J connectivity index is 1.02. The second-order valence-electron chi connectivity index (χ2n) is 11.9. The number of para-hydroxylation sites is 1. The summed E-state index contributed by atoms with van der Waals surface area (Å²) >= 11 is 1.59. The van der Waals surface area contributed by atoms with E-state index in [0.29, 0.717) is 24.3 Å². The molecule has 3 N–H and O–H groups in total. The molecule has 1 saturated carbocycles. The van der Waals surface area contributed by atoms with Crippen molar-refractivity contribution >= 4 is 40.4 Å². The monoisotopic (exact) mass is 595 g/mol. The van der Waals surface area contributed by atoms with Gasteiger partial charge in [0.1, 0.15) is 17.5 Å². The van der Waals surface area contributed by atoms with E-state index in [1.807, 2.05) is 49.4 Å². The third kappa shape index (κ3) is 5.35. The first kappa shape index (κ1) is 27.5. The summed E-state index contributed by atoms with van der Waals surface area (Å²) in [6.45, 7) is 2.29. The van der Waals surface area contributed by atoms with Crippen LogP contribution in [0.1, 0.15) is 61.1 Å². The van der Waals surface area contributed by atoms with Crippen LogP contribution in [0.3, 0.4) is 0 Å². The number of hydrogen-bond donors (Lipinski definition) is 3. The number of nitrogens with zero attached hydrogens (tertiary/aromatic N) is 2. The highest BCUT2D eigenvalue weighted by Gasteiger charge is 2.49. The van der Waals surface area contributed by atoms with Gasteiger partial charge in [0.05, 0.1) is 22.4 Å². The third-order valence-electron chi connectivity index (χ3n) is 8.96. The lowest BCUT2D eigenvalue weighted by Crippen LogP contribution is -2.49. The number of fused-ring (bicyclic) bond motifs is 3. The minimum Gasteiger partial charge on any atom is -0.455 e. The van der Waals surface area contributed by atoms with Crippen LogP contribution in [0.2, 0.25) is 0 Å². The van der Waals surface area contributed by atoms with Gasteiger partial charge in [-0.15, -0.1) is 0 Å². The second-order valence-corrected chi connectivity index (χ2v) is 12.9. The minimum absolute atomic E-state index is 0.0402. The second kappa shape index (κ2) is 11.1. The van der Waals surface area contributed by atoms with Crippen LogP contribution < -0.4 is 15.4 Å². The minimum atomic E-state index is -0.578. The first-order chi connectivity index (χ1) is 20.9. The summed E-state index contributed by atoms with van der Waals surface area (Å²) in [5.41, 5.74) is 2.21. The Morgan fingerprint density at radius 2 is 1.91 bits per heavy atom. The van der Waals surface area contributed by atoms with E-state index in [-0.39, 0.29) is 35.7 Å². The number of pyridine rings is 1. The van der Waals surface area contributed by atoms with E-state index in [2.05, 4.69) is 20.6 Å². The molecule has 9 nitrogen and oxygen atoms in total. The largest absolute Gasteiger partial charge is 0.455 e. The Morgan fingerprint density at radius 1 is 1.09 bits per heavy atom. The molecule has 0 radical (unpaired) electrons. The van der Waals surface area contributed by atoms with Gasteiger partial charge in [-0.3, -0.25) is 19.4 Å². The first-order valence-electron chi connectivity index (χ1n) is 14.8. The van der Waals surface area contributed by atoms with Gasteiger partial charge >= 0.3 is 0 Å². The van der Waals surface area contributed by atoms with Crippen molar-refractivity contribution in [3.05, 3.63) is 78.2 Å². The van der Waals surface area contributed by atoms with Crippen molar-refractivity contribution in [1.29, 1.82) is 0 Å². The van der Waals surface area contributed by atoms with Crippen LogP contribution in [0.25, 0.3) is 10.9 Å². The zero-order valence-electron chi connectivity index (χ0n) is 23.9. The fourth-order valence-electron chi connectivity index (χ4n) is 6.68. The van der Waals surface area contributed by atoms with Crippen LogP contribution in [0.5, 0.6) is 11.5 Å². The molecule has 1 spiro atoms. The molecule has 0 bridgehead atoms. The molecule has 2 aliphatic heterocycles. The maximum absolute atomic E-state index is 13.6. The van der Waals surface area contributed by atoms with Gasteiger partial charge in [-0.2, -0.15) is 0 Å². The van der Waals surface area contributed by atoms with Crippen LogP contribution in [0.15, 0.2) is 76.8 Å². The van der Waals surface area contributed by atoms with Crippen LogP contribution >= 0.6 is 11.8 Å². The number of rotatable bonds is 6. The van der Waals surface area contributed by atoms with Gasteiger partial charge in [-0.25, -0.2) is 0 Å². The van der Waals surface area contributed by atoms with Crippen molar-refractivity contribution < 1.29 is 19.1 Å². The molecule has 43 heavy (non-hydrogen) atoms. The number of hydrogen-bond acceptors (Lipinski definition) is 6. The molecule has 2 atom stereocenters. The summed E-state index contributed by atoms with van der Waals surface area (Å²) < 4.78 is 6.02. The maximum atomic E-state index is 13.6. The number of likely N-dealkylation sites (tertiary alicyclic amines) is 1. The molecule has 2 aromatic carbocycles. The van der Waals surface area contributed by atoms with Gasteiger partial charge in [0.2, 0.25) is 11.8 Å². The Labute approximate surface area is 253 Å². The average molecular weight is 596 g/mol. The van der Waals surface area contributed by atoms with E-state index in [0.717, 1.165) is 57.8 Å². The number of carbonyl (C=O) groups is 3. The normalized spacial score (nSPS) is 19.0. The predicted molar refractivity (Wildman–Crippen MR) is 163 cm³/mol. The molecule has 3 aliphatic rings. The summed E-state index contributed by atoms with van der Waals surface area (Å²) in [7, 11) is 0. The fourth-order valence-corrected chi connectivity index (χ4v) is 7.61. The van der Waals surface area contributed by atoms with Crippen molar-refractivity contribution in [3.8, 4) is 11.5 Å². The molecule has 3 amide bonds. The van der Waals surface area contributed by atoms with Crippen LogP contribution in [-0.4, -0.2) is 51.7 Å². The molecule has 2 fully saturated rings. The first-order valence-corrected chi connectivity index (χ1v) is 15.6. The average Bonchev–Trinajstić information content (AvgIpc) is 3.77. The van der Waals surface area contributed by atoms with Crippen molar-refractivity contribution in [3.63, 3.8) is 0 Å². The van der Waals surface area contributed by atoms with Crippen molar-refractivity contribution in [1.82, 2.24) is 25.5 Å². The Hall–Kier alpha value is -4.31. The lowest BCUT2D eigenvalue weighted by Gasteiger charge is -2.26. The molecule has 1 saturated heterocycles. The summed E-state index contributed by atoms with van der Waals surface area (Å²) in [5.74, 6) is 0.587. The number of H-pyrrole nitrogens is 1. The standard InChI is InChI=1S/C33H33N5O4S/c1-20(24-14-22-17-34-13-10-23(22)37-24)36-32(41)25-16-33(11-4-5-12-33)19-38(25)30(39)18-35-31(40)21-8-9-29-27(15-21)42-26-6-2-3-7-28(26)43-29/h2-3,6-10,13-15,17,20,25,37H,4-5,11-12,16,18-19H2,1H3,(H,35,40)(H,36,41)/t20-,25?/m1/s1. The van der Waals surface area contributed by atoms with Crippen LogP contribution in [0.4, 0.5) is 0 Å². The van der Waals surface area contributed by atoms with Crippen molar-refractivity contribution in [2.45, 2.75) is 60.9 Å². The van der Waals surface area contributed by atoms with Crippen LogP contribution in [0, 0.1) is 5.41 Å². The highest BCUT2D eigenvalue weighted by atomic mass is 32.2. The topological polar surface area (TPSA) is 116 Å². The lowest BCUT2D eigenvalue weighted by molar-refractivity contribution is -0.138. The van der Waals surface area contributed by atoms with Gasteiger partial charge in [0, 0.05) is 41.1 Å². The highest BCUT2D eigenvalue weighted by Crippen LogP contribution is 2.48. The zero-order valence-corrected chi connectivity index (χ0v) is 24.7. The summed E-state index contributed by atoms with van der Waals surface area (Å²) in [6.07, 6.45) is 8.38. The predicted octanol–water partition coefficient (Wildman–Crippen LogP) is 5.59. The Morgan fingerprint density at radius 3 is 2.74 bits per heavy atom. The van der Waals surface area contributed by atoms with E-state index >= 15 is 0 Å². The summed E-state index contributed by atoms with van der Waals surface area (Å²) in [6, 6.07) is 16.1. The van der Waals surface area contributed by atoms with E-state index in [9.17, 15) is 14.4 Å². The van der Waals surface area contributed by atoms with Crippen molar-refractivity contribution in [2.75, 3.05) is 13.1 Å². The fraction of sp³-hybridized carbons (Fsp3) is 0.333. The number of amides is 3. The molecule has 1 aliphatic carbocycles. The highest BCUT2D eigenvalue weighted by molar-refractivity contribution is 7.99. The van der Waals surface area contributed by atoms with Gasteiger partial charge < -0.3 is 25.3 Å². The molecule has 220 valence electrons. The number of carbonyl (C=O) groups excluding carboxylic acids is 3. The quantitative estimate of drug-likeness (QED) is 0.236. The molecular weight excluding hydrogens is 562 g/mol. The number of nitrogens with one attached hydrogen (secondary N) is 3. The van der Waals surface area contributed by atoms with E-state index in [4.69, 9.17) is 4.74 Å². The summed E-state index contributed by atoms with van der Waals surface area (Å²) in [4.78, 5) is 51.5. The number of ether oxygens (including phenoxy) is 1. The van der Waals surface area contributed by atoms with E-state index in [1.165, 1.54) is 0 Å². The molecule has 4 aromatic rings. The zero-order chi connectivity index (χ0) is 29.6. The van der Waals surface area contributed by atoms with Gasteiger partial charge in [-0.05, 0) is 74.1 Å². The maximum Gasteiger partial charge on any atom is 0.251 e. The SMILES string of the molecule is C[C@@H](NC(=O)C1CC2(CCCC2)CN1C(=O)CNC(=O)c1ccc2c(c1)Oc1ccccc1S2)c1cc2cnccc2[nH]1. The van der Waals surface area contributed by atoms with Gasteiger partial charge in [0.15, 0.2) is 0 Å². The molecule has 10 heteroatoms. The number of aromatic nitrogens is 2. The lowest BCUT2D eigenvalue weighted by atomic mass is 9.84. The Kier molecular flexibility index (Phi) is 7.09. The molecule has 4 heterocycles. The van der Waals surface area contributed by atoms with Gasteiger partial charge in [-0.1, -0.05) is 36.7 Å². The third-order valence-corrected chi connectivity index (χ3v) is 10.1. The van der Waals surface area contributed by atoms with E-state index < -0.39 is 6.04 Å². The smallest absolute Gasteiger partial charge is 0.251 e. The molecule has 7 rings (SSSR count).